The fraction of sp³-hybridized carbons (Fsp3) is 0.105. The molecule has 1 heterocycles. The Morgan fingerprint density at radius 3 is 2.60 bits per heavy atom. The van der Waals surface area contributed by atoms with Crippen LogP contribution in [-0.2, 0) is 4.79 Å². The largest absolute Gasteiger partial charge is 0.350 e. The molecule has 1 saturated heterocycles. The van der Waals surface area contributed by atoms with Crippen LogP contribution < -0.4 is 5.32 Å². The van der Waals surface area contributed by atoms with Crippen molar-refractivity contribution in [3.8, 4) is 0 Å². The van der Waals surface area contributed by atoms with Crippen LogP contribution in [0, 0.1) is 15.9 Å². The first-order valence-corrected chi connectivity index (χ1v) is 9.69. The second-order valence-corrected chi connectivity index (χ2v) is 7.46. The Morgan fingerprint density at radius 1 is 1.23 bits per heavy atom. The number of nitro groups is 1. The van der Waals surface area contributed by atoms with Crippen molar-refractivity contribution < 1.29 is 23.7 Å². The van der Waals surface area contributed by atoms with Gasteiger partial charge in [0.15, 0.2) is 0 Å². The van der Waals surface area contributed by atoms with E-state index in [1.165, 1.54) is 42.5 Å². The number of carbonyl (C=O) groups is 3. The summed E-state index contributed by atoms with van der Waals surface area (Å²) in [5.41, 5.74) is 0.192. The molecule has 0 spiro atoms. The van der Waals surface area contributed by atoms with Crippen LogP contribution in [0.1, 0.15) is 15.9 Å². The zero-order valence-corrected chi connectivity index (χ0v) is 16.7. The Bertz CT molecular complexity index is 1070. The fourth-order valence-corrected chi connectivity index (χ4v) is 3.63. The molecule has 1 fully saturated rings. The molecule has 3 amide bonds. The number of hydrogen-bond acceptors (Lipinski definition) is 6. The highest BCUT2D eigenvalue weighted by Crippen LogP contribution is 2.32. The van der Waals surface area contributed by atoms with Crippen molar-refractivity contribution in [2.45, 2.75) is 0 Å². The number of benzene rings is 2. The molecule has 8 nitrogen and oxygen atoms in total. The average molecular weight is 450 g/mol. The lowest BCUT2D eigenvalue weighted by Crippen LogP contribution is -2.37. The molecule has 0 saturated carbocycles. The van der Waals surface area contributed by atoms with E-state index in [0.29, 0.717) is 5.56 Å². The number of nitro benzene ring substituents is 1. The van der Waals surface area contributed by atoms with Gasteiger partial charge in [0, 0.05) is 24.7 Å². The van der Waals surface area contributed by atoms with Gasteiger partial charge < -0.3 is 5.32 Å². The van der Waals surface area contributed by atoms with E-state index in [1.807, 2.05) is 0 Å². The fourth-order valence-electron chi connectivity index (χ4n) is 2.58. The summed E-state index contributed by atoms with van der Waals surface area (Å²) in [7, 11) is 0. The van der Waals surface area contributed by atoms with E-state index in [0.717, 1.165) is 22.7 Å². The van der Waals surface area contributed by atoms with E-state index in [-0.39, 0.29) is 28.6 Å². The summed E-state index contributed by atoms with van der Waals surface area (Å²) in [5.74, 6) is -1.55. The van der Waals surface area contributed by atoms with Crippen molar-refractivity contribution in [1.82, 2.24) is 10.2 Å². The Morgan fingerprint density at radius 2 is 1.93 bits per heavy atom. The molecule has 0 unspecified atom stereocenters. The third kappa shape index (κ3) is 4.84. The lowest BCUT2D eigenvalue weighted by atomic mass is 10.2. The molecule has 1 aliphatic rings. The topological polar surface area (TPSA) is 110 Å². The van der Waals surface area contributed by atoms with Gasteiger partial charge in [-0.05, 0) is 47.7 Å². The van der Waals surface area contributed by atoms with Crippen LogP contribution in [0.4, 0.5) is 14.9 Å². The van der Waals surface area contributed by atoms with Crippen molar-refractivity contribution in [2.24, 2.45) is 0 Å². The average Bonchev–Trinajstić information content (AvgIpc) is 2.97. The Balaban J connectivity index is 1.61. The highest BCUT2D eigenvalue weighted by atomic mass is 35.5. The van der Waals surface area contributed by atoms with Gasteiger partial charge in [0.25, 0.3) is 22.7 Å². The summed E-state index contributed by atoms with van der Waals surface area (Å²) in [5, 5.41) is 12.8. The van der Waals surface area contributed by atoms with Gasteiger partial charge in [0.2, 0.25) is 0 Å². The zero-order chi connectivity index (χ0) is 21.8. The summed E-state index contributed by atoms with van der Waals surface area (Å²) in [4.78, 5) is 48.1. The van der Waals surface area contributed by atoms with Crippen LogP contribution in [0.3, 0.4) is 0 Å². The second-order valence-electron chi connectivity index (χ2n) is 6.06. The summed E-state index contributed by atoms with van der Waals surface area (Å²) in [6.07, 6.45) is 1.48. The molecule has 0 radical (unpaired) electrons. The summed E-state index contributed by atoms with van der Waals surface area (Å²) in [6.45, 7) is -0.121. The van der Waals surface area contributed by atoms with Crippen molar-refractivity contribution >= 4 is 52.2 Å². The monoisotopic (exact) mass is 449 g/mol. The molecule has 154 valence electrons. The molecular weight excluding hydrogens is 437 g/mol. The van der Waals surface area contributed by atoms with E-state index in [1.54, 1.807) is 0 Å². The van der Waals surface area contributed by atoms with Gasteiger partial charge in [-0.1, -0.05) is 23.7 Å². The molecule has 3 rings (SSSR count). The van der Waals surface area contributed by atoms with Crippen LogP contribution in [0.2, 0.25) is 5.02 Å². The van der Waals surface area contributed by atoms with Crippen molar-refractivity contribution in [3.63, 3.8) is 0 Å². The molecule has 0 aromatic heterocycles. The molecule has 2 aromatic rings. The van der Waals surface area contributed by atoms with Crippen LogP contribution >= 0.6 is 23.4 Å². The third-order valence-electron chi connectivity index (χ3n) is 4.07. The number of imide groups is 1. The molecule has 2 aromatic carbocycles. The van der Waals surface area contributed by atoms with Gasteiger partial charge in [0.05, 0.1) is 9.83 Å². The van der Waals surface area contributed by atoms with E-state index in [2.05, 4.69) is 5.32 Å². The number of carbonyl (C=O) groups excluding carboxylic acids is 3. The van der Waals surface area contributed by atoms with Crippen LogP contribution in [0.15, 0.2) is 47.4 Å². The maximum Gasteiger partial charge on any atom is 0.293 e. The Hall–Kier alpha value is -3.24. The van der Waals surface area contributed by atoms with Gasteiger partial charge >= 0.3 is 0 Å². The van der Waals surface area contributed by atoms with Crippen LogP contribution in [0.25, 0.3) is 6.08 Å². The number of rotatable bonds is 6. The number of nitrogens with one attached hydrogen (secondary N) is 1. The Kier molecular flexibility index (Phi) is 6.48. The van der Waals surface area contributed by atoms with Gasteiger partial charge in [-0.3, -0.25) is 29.4 Å². The summed E-state index contributed by atoms with van der Waals surface area (Å²) < 4.78 is 13.0. The van der Waals surface area contributed by atoms with E-state index < -0.39 is 33.5 Å². The number of amides is 3. The molecule has 11 heteroatoms. The zero-order valence-electron chi connectivity index (χ0n) is 15.1. The molecule has 0 aliphatic carbocycles. The minimum absolute atomic E-state index is 0.0245. The first kappa shape index (κ1) is 21.5. The molecule has 1 aliphatic heterocycles. The quantitative estimate of drug-likeness (QED) is 0.407. The predicted molar refractivity (Wildman–Crippen MR) is 110 cm³/mol. The Labute approximate surface area is 178 Å². The lowest BCUT2D eigenvalue weighted by Gasteiger charge is -2.13. The van der Waals surface area contributed by atoms with Gasteiger partial charge in [-0.25, -0.2) is 4.39 Å². The van der Waals surface area contributed by atoms with Gasteiger partial charge in [-0.15, -0.1) is 0 Å². The first-order chi connectivity index (χ1) is 14.3. The third-order valence-corrected chi connectivity index (χ3v) is 5.29. The normalized spacial score (nSPS) is 15.0. The summed E-state index contributed by atoms with van der Waals surface area (Å²) in [6, 6.07) is 9.06. The van der Waals surface area contributed by atoms with Crippen LogP contribution in [-0.4, -0.2) is 40.0 Å². The maximum atomic E-state index is 13.0. The van der Waals surface area contributed by atoms with Gasteiger partial charge in [0.1, 0.15) is 10.8 Å². The highest BCUT2D eigenvalue weighted by molar-refractivity contribution is 8.18. The van der Waals surface area contributed by atoms with E-state index in [4.69, 9.17) is 11.6 Å². The second kappa shape index (κ2) is 9.06. The van der Waals surface area contributed by atoms with Crippen LogP contribution in [0.5, 0.6) is 0 Å². The highest BCUT2D eigenvalue weighted by Gasteiger charge is 2.34. The van der Waals surface area contributed by atoms with Crippen molar-refractivity contribution in [2.75, 3.05) is 13.1 Å². The molecular formula is C19H13ClFN3O5S. The number of nitrogens with zero attached hydrogens (tertiary/aromatic N) is 2. The predicted octanol–water partition coefficient (Wildman–Crippen LogP) is 3.85. The number of hydrogen-bond donors (Lipinski definition) is 1. The van der Waals surface area contributed by atoms with E-state index >= 15 is 0 Å². The molecule has 30 heavy (non-hydrogen) atoms. The first-order valence-electron chi connectivity index (χ1n) is 8.49. The SMILES string of the molecule is O=C(NCCN1C(=O)S/C(=C/c2ccc(F)cc2)C1=O)c1ccc(Cl)c([N+](=O)[O-])c1. The van der Waals surface area contributed by atoms with Crippen molar-refractivity contribution in [1.29, 1.82) is 0 Å². The smallest absolute Gasteiger partial charge is 0.293 e. The van der Waals surface area contributed by atoms with E-state index in [9.17, 15) is 28.9 Å². The van der Waals surface area contributed by atoms with Crippen molar-refractivity contribution in [3.05, 3.63) is 79.5 Å². The molecule has 1 N–H and O–H groups in total. The summed E-state index contributed by atoms with van der Waals surface area (Å²) >= 11 is 6.46. The van der Waals surface area contributed by atoms with Gasteiger partial charge in [-0.2, -0.15) is 0 Å². The molecule has 0 atom stereocenters. The number of thioether (sulfide) groups is 1. The standard InChI is InChI=1S/C19H13ClFN3O5S/c20-14-6-3-12(10-15(14)24(28)29)17(25)22-7-8-23-18(26)16(30-19(23)27)9-11-1-4-13(21)5-2-11/h1-6,9-10H,7-8H2,(H,22,25)/b16-9+. The lowest BCUT2D eigenvalue weighted by molar-refractivity contribution is -0.384. The minimum Gasteiger partial charge on any atom is -0.350 e. The minimum atomic E-state index is -0.702. The number of halogens is 2. The molecule has 0 bridgehead atoms. The maximum absolute atomic E-state index is 13.0.